The summed E-state index contributed by atoms with van der Waals surface area (Å²) in [5.41, 5.74) is 17.5. The maximum atomic E-state index is 4.92. The van der Waals surface area contributed by atoms with Crippen LogP contribution in [0.2, 0.25) is 0 Å². The van der Waals surface area contributed by atoms with Crippen LogP contribution in [0.15, 0.2) is 170 Å². The SMILES string of the molecule is C1=CCCC(n2c3ccc(-c4ccc5c6c(cccc46)-c4c-5c(-c5ccccc5)c5ccccc5c4-c4ccccc4)cc3c3ncccc32)=C1. The van der Waals surface area contributed by atoms with Gasteiger partial charge in [0, 0.05) is 17.3 Å². The molecule has 7 aromatic carbocycles. The van der Waals surface area contributed by atoms with Crippen LogP contribution in [0.5, 0.6) is 0 Å². The van der Waals surface area contributed by atoms with Crippen molar-refractivity contribution in [3.63, 3.8) is 0 Å². The molecule has 2 nitrogen and oxygen atoms in total. The third-order valence-electron chi connectivity index (χ3n) is 11.0. The number of pyridine rings is 1. The van der Waals surface area contributed by atoms with Crippen molar-refractivity contribution in [1.29, 1.82) is 0 Å². The summed E-state index contributed by atoms with van der Waals surface area (Å²) < 4.78 is 2.41. The molecule has 11 rings (SSSR count). The van der Waals surface area contributed by atoms with Crippen LogP contribution < -0.4 is 0 Å². The highest BCUT2D eigenvalue weighted by molar-refractivity contribution is 6.29. The number of fused-ring (bicyclic) bond motifs is 7. The number of hydrogen-bond donors (Lipinski definition) is 0. The quantitative estimate of drug-likeness (QED) is 0.186. The highest BCUT2D eigenvalue weighted by atomic mass is 15.0. The number of allylic oxidation sites excluding steroid dienone is 4. The fraction of sp³-hybridized carbons (Fsp3) is 0.0408. The second-order valence-electron chi connectivity index (χ2n) is 13.7. The molecule has 2 aliphatic rings. The molecule has 51 heavy (non-hydrogen) atoms. The minimum atomic E-state index is 1.02. The first-order chi connectivity index (χ1) is 25.3. The fourth-order valence-corrected chi connectivity index (χ4v) is 8.95. The Morgan fingerprint density at radius 2 is 1.14 bits per heavy atom. The lowest BCUT2D eigenvalue weighted by molar-refractivity contribution is 0.979. The topological polar surface area (TPSA) is 17.8 Å². The largest absolute Gasteiger partial charge is 0.311 e. The van der Waals surface area contributed by atoms with Crippen molar-refractivity contribution in [2.75, 3.05) is 0 Å². The monoisotopic (exact) mass is 648 g/mol. The second-order valence-corrected chi connectivity index (χ2v) is 13.7. The number of benzene rings is 7. The van der Waals surface area contributed by atoms with E-state index in [4.69, 9.17) is 4.98 Å². The zero-order valence-electron chi connectivity index (χ0n) is 28.0. The van der Waals surface area contributed by atoms with Gasteiger partial charge < -0.3 is 4.57 Å². The lowest BCUT2D eigenvalue weighted by Gasteiger charge is -2.20. The van der Waals surface area contributed by atoms with Crippen LogP contribution >= 0.6 is 0 Å². The minimum absolute atomic E-state index is 1.02. The normalized spacial score (nSPS) is 13.4. The van der Waals surface area contributed by atoms with Gasteiger partial charge in [0.15, 0.2) is 0 Å². The van der Waals surface area contributed by atoms with Gasteiger partial charge >= 0.3 is 0 Å². The molecule has 9 aromatic rings. The van der Waals surface area contributed by atoms with Gasteiger partial charge in [0.25, 0.3) is 0 Å². The van der Waals surface area contributed by atoms with Gasteiger partial charge in [-0.05, 0) is 120 Å². The van der Waals surface area contributed by atoms with Gasteiger partial charge in [-0.25, -0.2) is 0 Å². The Balaban J connectivity index is 1.21. The molecule has 0 radical (unpaired) electrons. The molecule has 2 aliphatic carbocycles. The maximum Gasteiger partial charge on any atom is 0.0963 e. The first kappa shape index (κ1) is 28.3. The van der Waals surface area contributed by atoms with E-state index in [0.29, 0.717) is 0 Å². The zero-order valence-corrected chi connectivity index (χ0v) is 28.0. The van der Waals surface area contributed by atoms with Crippen LogP contribution in [-0.2, 0) is 0 Å². The molecule has 238 valence electrons. The van der Waals surface area contributed by atoms with Gasteiger partial charge in [-0.15, -0.1) is 0 Å². The van der Waals surface area contributed by atoms with E-state index in [9.17, 15) is 0 Å². The van der Waals surface area contributed by atoms with Crippen molar-refractivity contribution in [2.45, 2.75) is 12.8 Å². The predicted octanol–water partition coefficient (Wildman–Crippen LogP) is 13.3. The standard InChI is InChI=1S/C49H32N2/c1-4-14-31(15-5-1)44-37-20-10-11-21-38(37)45(32-16-6-2-7-17-32)48-40-27-26-35(36-22-12-23-39(46(36)40)47(44)48)33-25-28-42-41(30-33)49-43(24-13-29-50-49)51(42)34-18-8-3-9-19-34/h1-8,10-18,20-30H,9,19H2. The zero-order chi connectivity index (χ0) is 33.5. The smallest absolute Gasteiger partial charge is 0.0963 e. The van der Waals surface area contributed by atoms with E-state index < -0.39 is 0 Å². The van der Waals surface area contributed by atoms with Crippen molar-refractivity contribution in [1.82, 2.24) is 9.55 Å². The molecule has 0 amide bonds. The number of hydrogen-bond acceptors (Lipinski definition) is 1. The summed E-state index contributed by atoms with van der Waals surface area (Å²) >= 11 is 0. The van der Waals surface area contributed by atoms with Crippen LogP contribution in [0.3, 0.4) is 0 Å². The van der Waals surface area contributed by atoms with Gasteiger partial charge in [-0.1, -0.05) is 133 Å². The summed E-state index contributed by atoms with van der Waals surface area (Å²) in [6.07, 6.45) is 10.7. The van der Waals surface area contributed by atoms with E-state index >= 15 is 0 Å². The highest BCUT2D eigenvalue weighted by Gasteiger charge is 2.31. The first-order valence-electron chi connectivity index (χ1n) is 17.9. The summed E-state index contributed by atoms with van der Waals surface area (Å²) in [7, 11) is 0. The van der Waals surface area contributed by atoms with Gasteiger partial charge in [0.2, 0.25) is 0 Å². The van der Waals surface area contributed by atoms with Gasteiger partial charge in [-0.3, -0.25) is 4.98 Å². The van der Waals surface area contributed by atoms with E-state index in [0.717, 1.165) is 23.9 Å². The Kier molecular flexibility index (Phi) is 6.11. The summed E-state index contributed by atoms with van der Waals surface area (Å²) in [5, 5.41) is 6.36. The van der Waals surface area contributed by atoms with E-state index in [1.54, 1.807) is 0 Å². The molecule has 0 fully saturated rings. The number of aromatic nitrogens is 2. The molecule has 0 unspecified atom stereocenters. The molecule has 0 spiro atoms. The van der Waals surface area contributed by atoms with E-state index in [2.05, 4.69) is 168 Å². The van der Waals surface area contributed by atoms with Crippen molar-refractivity contribution in [2.24, 2.45) is 0 Å². The molecule has 0 atom stereocenters. The first-order valence-corrected chi connectivity index (χ1v) is 17.9. The Labute approximate surface area is 296 Å². The lowest BCUT2D eigenvalue weighted by Crippen LogP contribution is -1.98. The van der Waals surface area contributed by atoms with E-state index in [1.165, 1.54) is 93.8 Å². The van der Waals surface area contributed by atoms with Crippen LogP contribution in [0.4, 0.5) is 0 Å². The van der Waals surface area contributed by atoms with Crippen LogP contribution in [0.25, 0.3) is 105 Å². The van der Waals surface area contributed by atoms with Crippen molar-refractivity contribution < 1.29 is 0 Å². The Morgan fingerprint density at radius 1 is 0.471 bits per heavy atom. The summed E-state index contributed by atoms with van der Waals surface area (Å²) in [4.78, 5) is 4.92. The van der Waals surface area contributed by atoms with Gasteiger partial charge in [-0.2, -0.15) is 0 Å². The summed E-state index contributed by atoms with van der Waals surface area (Å²) in [6, 6.07) is 53.7. The third-order valence-corrected chi connectivity index (χ3v) is 11.0. The Morgan fingerprint density at radius 3 is 1.84 bits per heavy atom. The van der Waals surface area contributed by atoms with Crippen molar-refractivity contribution >= 4 is 49.2 Å². The van der Waals surface area contributed by atoms with Gasteiger partial charge in [0.1, 0.15) is 0 Å². The van der Waals surface area contributed by atoms with Crippen molar-refractivity contribution in [3.8, 4) is 55.6 Å². The minimum Gasteiger partial charge on any atom is -0.311 e. The summed E-state index contributed by atoms with van der Waals surface area (Å²) in [6.45, 7) is 0. The Hall–Kier alpha value is -6.51. The second kappa shape index (κ2) is 11.0. The molecule has 0 N–H and O–H groups in total. The fourth-order valence-electron chi connectivity index (χ4n) is 8.95. The molecular weight excluding hydrogens is 617 g/mol. The van der Waals surface area contributed by atoms with Crippen LogP contribution in [-0.4, -0.2) is 9.55 Å². The number of rotatable bonds is 4. The Bertz CT molecular complexity index is 2850. The average Bonchev–Trinajstić information content (AvgIpc) is 3.71. The lowest BCUT2D eigenvalue weighted by atomic mass is 9.82. The number of nitrogens with zero attached hydrogens (tertiary/aromatic N) is 2. The van der Waals surface area contributed by atoms with Crippen LogP contribution in [0, 0.1) is 0 Å². The molecule has 0 aliphatic heterocycles. The average molecular weight is 649 g/mol. The molecule has 2 heteroatoms. The molecule has 0 saturated carbocycles. The molecule has 2 aromatic heterocycles. The van der Waals surface area contributed by atoms with Crippen molar-refractivity contribution in [3.05, 3.63) is 170 Å². The predicted molar refractivity (Wildman–Crippen MR) is 216 cm³/mol. The van der Waals surface area contributed by atoms with E-state index in [1.807, 2.05) is 6.20 Å². The van der Waals surface area contributed by atoms with Crippen LogP contribution in [0.1, 0.15) is 12.8 Å². The maximum absolute atomic E-state index is 4.92. The van der Waals surface area contributed by atoms with Gasteiger partial charge in [0.05, 0.1) is 16.6 Å². The highest BCUT2D eigenvalue weighted by Crippen LogP contribution is 2.58. The third kappa shape index (κ3) is 4.08. The molecular formula is C49H32N2. The molecule has 2 heterocycles. The molecule has 0 bridgehead atoms. The molecule has 0 saturated heterocycles. The van der Waals surface area contributed by atoms with E-state index in [-0.39, 0.29) is 0 Å². The summed E-state index contributed by atoms with van der Waals surface area (Å²) in [5.74, 6) is 0.